The third-order valence-electron chi connectivity index (χ3n) is 10.2. The van der Waals surface area contributed by atoms with E-state index in [-0.39, 0.29) is 11.1 Å². The first-order valence-corrected chi connectivity index (χ1v) is 18.6. The number of hydrogen-bond donors (Lipinski definition) is 2. The van der Waals surface area contributed by atoms with Crippen LogP contribution in [0.1, 0.15) is 37.7 Å². The second kappa shape index (κ2) is 15.5. The van der Waals surface area contributed by atoms with Crippen molar-refractivity contribution in [1.82, 2.24) is 19.6 Å². The fraction of sp³-hybridized carbons (Fsp3) is 0.0638. The van der Waals surface area contributed by atoms with E-state index in [1.54, 1.807) is 12.1 Å². The lowest BCUT2D eigenvalue weighted by molar-refractivity contribution is -0.142. The summed E-state index contributed by atoms with van der Waals surface area (Å²) in [6, 6.07) is 42.8. The Morgan fingerprint density at radius 2 is 0.902 bits per heavy atom. The molecular weight excluding hydrogens is 795 g/mol. The van der Waals surface area contributed by atoms with E-state index >= 15 is 0 Å². The minimum atomic E-state index is -4.60. The second-order valence-corrected chi connectivity index (χ2v) is 14.2. The molecule has 0 saturated carbocycles. The van der Waals surface area contributed by atoms with Crippen molar-refractivity contribution in [2.75, 3.05) is 0 Å². The van der Waals surface area contributed by atoms with Crippen LogP contribution in [-0.4, -0.2) is 31.4 Å². The van der Waals surface area contributed by atoms with Crippen molar-refractivity contribution in [2.45, 2.75) is 19.3 Å². The molecule has 0 aliphatic heterocycles. The number of nitrogens with zero attached hydrogens (tertiary/aromatic N) is 4. The summed E-state index contributed by atoms with van der Waals surface area (Å²) in [4.78, 5) is 22.6. The molecule has 0 atom stereocenters. The SMILES string of the molecule is Cc1cccc2cc(-c3cc(C(F)(F)F)nn3-c3ccc(C(N)=O)cc3)ccc12.NC(=O)c1ccc(-n2nc(C(F)(F)F)cc2-c2ccc3cc4ccccc4cc3c2)cc1. The lowest BCUT2D eigenvalue weighted by Crippen LogP contribution is -2.11. The molecule has 0 aliphatic rings. The van der Waals surface area contributed by atoms with Crippen LogP contribution in [0, 0.1) is 6.92 Å². The van der Waals surface area contributed by atoms with Gasteiger partial charge in [0, 0.05) is 22.3 Å². The average molecular weight is 827 g/mol. The molecule has 14 heteroatoms. The van der Waals surface area contributed by atoms with Crippen LogP contribution in [0.3, 0.4) is 0 Å². The number of nitrogens with two attached hydrogens (primary N) is 2. The van der Waals surface area contributed by atoms with Crippen molar-refractivity contribution in [3.8, 4) is 33.9 Å². The third-order valence-corrected chi connectivity index (χ3v) is 10.2. The summed E-state index contributed by atoms with van der Waals surface area (Å²) in [6.07, 6.45) is -9.18. The maximum absolute atomic E-state index is 13.5. The van der Waals surface area contributed by atoms with Crippen LogP contribution in [0.15, 0.2) is 152 Å². The normalized spacial score (nSPS) is 11.8. The molecule has 2 amide bonds. The Bertz CT molecular complexity index is 3130. The number of amides is 2. The van der Waals surface area contributed by atoms with Crippen molar-refractivity contribution >= 4 is 44.1 Å². The van der Waals surface area contributed by atoms with Crippen LogP contribution in [0.25, 0.3) is 66.2 Å². The summed E-state index contributed by atoms with van der Waals surface area (Å²) in [6.45, 7) is 1.98. The Balaban J connectivity index is 0.000000169. The largest absolute Gasteiger partial charge is 0.435 e. The highest BCUT2D eigenvalue weighted by atomic mass is 19.4. The number of primary amides is 2. The van der Waals surface area contributed by atoms with Gasteiger partial charge in [-0.2, -0.15) is 36.5 Å². The molecule has 2 heterocycles. The van der Waals surface area contributed by atoms with Crippen LogP contribution in [-0.2, 0) is 12.4 Å². The van der Waals surface area contributed by atoms with Gasteiger partial charge in [-0.1, -0.05) is 66.7 Å². The van der Waals surface area contributed by atoms with E-state index in [2.05, 4.69) is 16.3 Å². The molecule has 304 valence electrons. The fourth-order valence-electron chi connectivity index (χ4n) is 7.08. The van der Waals surface area contributed by atoms with Gasteiger partial charge in [0.1, 0.15) is 0 Å². The quantitative estimate of drug-likeness (QED) is 0.128. The Kier molecular flexibility index (Phi) is 10.1. The van der Waals surface area contributed by atoms with Crippen LogP contribution in [0.5, 0.6) is 0 Å². The Hall–Kier alpha value is -7.74. The number of carbonyl (C=O) groups excluding carboxylic acids is 2. The molecule has 0 fully saturated rings. The number of carbonyl (C=O) groups is 2. The van der Waals surface area contributed by atoms with Crippen LogP contribution < -0.4 is 11.5 Å². The summed E-state index contributed by atoms with van der Waals surface area (Å²) in [5.74, 6) is -1.23. The predicted octanol–water partition coefficient (Wildman–Crippen LogP) is 11.1. The van der Waals surface area contributed by atoms with E-state index in [4.69, 9.17) is 11.5 Å². The zero-order chi connectivity index (χ0) is 43.2. The molecule has 7 aromatic carbocycles. The highest BCUT2D eigenvalue weighted by Crippen LogP contribution is 2.37. The van der Waals surface area contributed by atoms with Crippen LogP contribution in [0.2, 0.25) is 0 Å². The first-order valence-electron chi connectivity index (χ1n) is 18.6. The molecule has 9 aromatic rings. The second-order valence-electron chi connectivity index (χ2n) is 14.2. The minimum Gasteiger partial charge on any atom is -0.366 e. The highest BCUT2D eigenvalue weighted by Gasteiger charge is 2.36. The van der Waals surface area contributed by atoms with Crippen LogP contribution >= 0.6 is 0 Å². The van der Waals surface area contributed by atoms with E-state index in [0.717, 1.165) is 50.0 Å². The molecule has 4 N–H and O–H groups in total. The van der Waals surface area contributed by atoms with Gasteiger partial charge in [0.2, 0.25) is 11.8 Å². The number of hydrogen-bond acceptors (Lipinski definition) is 4. The molecule has 61 heavy (non-hydrogen) atoms. The lowest BCUT2D eigenvalue weighted by atomic mass is 10.0. The van der Waals surface area contributed by atoms with Gasteiger partial charge in [-0.25, -0.2) is 9.36 Å². The van der Waals surface area contributed by atoms with Crippen molar-refractivity contribution in [3.05, 3.63) is 180 Å². The maximum Gasteiger partial charge on any atom is 0.435 e. The molecule has 0 unspecified atom stereocenters. The van der Waals surface area contributed by atoms with E-state index in [1.807, 2.05) is 79.7 Å². The van der Waals surface area contributed by atoms with Crippen LogP contribution in [0.4, 0.5) is 26.3 Å². The van der Waals surface area contributed by atoms with Crippen molar-refractivity contribution in [3.63, 3.8) is 0 Å². The van der Waals surface area contributed by atoms with E-state index in [1.165, 1.54) is 57.9 Å². The molecule has 0 saturated heterocycles. The third kappa shape index (κ3) is 8.15. The lowest BCUT2D eigenvalue weighted by Gasteiger charge is -2.10. The molecule has 0 aliphatic carbocycles. The number of alkyl halides is 6. The monoisotopic (exact) mass is 826 g/mol. The van der Waals surface area contributed by atoms with Crippen molar-refractivity contribution < 1.29 is 35.9 Å². The molecule has 0 bridgehead atoms. The number of fused-ring (bicyclic) bond motifs is 3. The Morgan fingerprint density at radius 1 is 0.475 bits per heavy atom. The summed E-state index contributed by atoms with van der Waals surface area (Å²) in [7, 11) is 0. The number of benzene rings is 7. The maximum atomic E-state index is 13.5. The van der Waals surface area contributed by atoms with Gasteiger partial charge in [-0.05, 0) is 130 Å². The highest BCUT2D eigenvalue weighted by molar-refractivity contribution is 6.00. The zero-order valence-corrected chi connectivity index (χ0v) is 32.0. The standard InChI is InChI=1S/C25H16F3N3O.C22H16F3N3O/c26-25(27,28)23-14-22(31(30-23)21-9-7-15(8-10-21)24(29)32)19-6-5-18-11-16-3-1-2-4-17(16)12-20(18)13-19;1-13-3-2-4-15-11-16(7-10-18(13)15)19-12-20(22(23,24)25)27-28(19)17-8-5-14(6-9-17)21(26)29/h1-14H,(H2,29,32);2-12H,1H3,(H2,26,29). The summed E-state index contributed by atoms with van der Waals surface area (Å²) < 4.78 is 82.9. The van der Waals surface area contributed by atoms with Crippen molar-refractivity contribution in [2.24, 2.45) is 11.5 Å². The molecular formula is C47H32F6N6O2. The van der Waals surface area contributed by atoms with Gasteiger partial charge in [0.15, 0.2) is 11.4 Å². The van der Waals surface area contributed by atoms with Gasteiger partial charge >= 0.3 is 12.4 Å². The average Bonchev–Trinajstić information content (AvgIpc) is 3.90. The van der Waals surface area contributed by atoms with Gasteiger partial charge in [-0.3, -0.25) is 9.59 Å². The number of rotatable bonds is 6. The van der Waals surface area contributed by atoms with E-state index in [9.17, 15) is 35.9 Å². The molecule has 2 aromatic heterocycles. The topological polar surface area (TPSA) is 122 Å². The molecule has 9 rings (SSSR count). The minimum absolute atomic E-state index is 0.260. The van der Waals surface area contributed by atoms with Gasteiger partial charge in [0.05, 0.1) is 22.8 Å². The molecule has 8 nitrogen and oxygen atoms in total. The number of aromatic nitrogens is 4. The fourth-order valence-corrected chi connectivity index (χ4v) is 7.08. The van der Waals surface area contributed by atoms with Crippen molar-refractivity contribution in [1.29, 1.82) is 0 Å². The van der Waals surface area contributed by atoms with Gasteiger partial charge in [0.25, 0.3) is 0 Å². The first kappa shape index (κ1) is 40.1. The first-order chi connectivity index (χ1) is 29.0. The Labute approximate surface area is 343 Å². The van der Waals surface area contributed by atoms with Gasteiger partial charge in [-0.15, -0.1) is 0 Å². The smallest absolute Gasteiger partial charge is 0.366 e. The number of aryl methyl sites for hydroxylation is 1. The molecule has 0 spiro atoms. The van der Waals surface area contributed by atoms with E-state index in [0.29, 0.717) is 33.9 Å². The summed E-state index contributed by atoms with van der Waals surface area (Å²) >= 11 is 0. The Morgan fingerprint density at radius 3 is 1.38 bits per heavy atom. The zero-order valence-electron chi connectivity index (χ0n) is 32.0. The van der Waals surface area contributed by atoms with E-state index < -0.39 is 35.6 Å². The van der Waals surface area contributed by atoms with Gasteiger partial charge < -0.3 is 11.5 Å². The number of halogens is 6. The predicted molar refractivity (Wildman–Crippen MR) is 222 cm³/mol. The summed E-state index contributed by atoms with van der Waals surface area (Å²) in [5.41, 5.74) is 12.7. The molecule has 0 radical (unpaired) electrons. The summed E-state index contributed by atoms with van der Waals surface area (Å²) in [5, 5.41) is 13.6.